The number of aliphatic hydroxyl groups excluding tert-OH is 1. The van der Waals surface area contributed by atoms with Crippen LogP contribution in [0.2, 0.25) is 0 Å². The molecular formula is C11H20N4O2. The van der Waals surface area contributed by atoms with Crippen LogP contribution in [0.15, 0.2) is 6.33 Å². The Hall–Kier alpha value is -1.56. The average molecular weight is 240 g/mol. The summed E-state index contributed by atoms with van der Waals surface area (Å²) in [4.78, 5) is 7.98. The molecule has 1 aromatic rings. The third kappa shape index (κ3) is 4.07. The van der Waals surface area contributed by atoms with Crippen molar-refractivity contribution >= 4 is 11.5 Å². The number of aliphatic hydroxyl groups is 1. The quantitative estimate of drug-likeness (QED) is 0.687. The first-order chi connectivity index (χ1) is 8.04. The number of nitrogens with zero attached hydrogens (tertiary/aromatic N) is 2. The molecule has 0 fully saturated rings. The van der Waals surface area contributed by atoms with Gasteiger partial charge < -0.3 is 20.9 Å². The van der Waals surface area contributed by atoms with E-state index in [0.29, 0.717) is 30.4 Å². The van der Waals surface area contributed by atoms with Crippen LogP contribution in [0.25, 0.3) is 0 Å². The first kappa shape index (κ1) is 13.5. The van der Waals surface area contributed by atoms with Gasteiger partial charge in [-0.25, -0.2) is 4.98 Å². The number of hydrogen-bond acceptors (Lipinski definition) is 6. The van der Waals surface area contributed by atoms with Crippen LogP contribution in [0.1, 0.15) is 27.2 Å². The number of aromatic nitrogens is 2. The number of nitrogen functional groups attached to an aromatic ring is 1. The summed E-state index contributed by atoms with van der Waals surface area (Å²) in [7, 11) is 0. The summed E-state index contributed by atoms with van der Waals surface area (Å²) < 4.78 is 5.44. The molecule has 0 saturated carbocycles. The maximum absolute atomic E-state index is 9.45. The molecule has 0 spiro atoms. The van der Waals surface area contributed by atoms with Crippen LogP contribution in [0.3, 0.4) is 0 Å². The van der Waals surface area contributed by atoms with Gasteiger partial charge in [0.1, 0.15) is 12.0 Å². The normalized spacial score (nSPS) is 12.5. The number of nitrogens with two attached hydrogens (primary N) is 1. The van der Waals surface area contributed by atoms with E-state index in [0.717, 1.165) is 0 Å². The van der Waals surface area contributed by atoms with E-state index < -0.39 is 6.10 Å². The second kappa shape index (κ2) is 6.24. The monoisotopic (exact) mass is 240 g/mol. The molecule has 1 atom stereocenters. The standard InChI is InChI=1S/C11H20N4O2/c1-4-8(16)5-13-10-9(12)11(15-6-14-10)17-7(2)3/h6-8,16H,4-5,12H2,1-3H3,(H,13,14,15). The third-order valence-electron chi connectivity index (χ3n) is 2.17. The first-order valence-electron chi connectivity index (χ1n) is 5.73. The predicted molar refractivity (Wildman–Crippen MR) is 67.0 cm³/mol. The van der Waals surface area contributed by atoms with Gasteiger partial charge >= 0.3 is 0 Å². The second-order valence-corrected chi connectivity index (χ2v) is 4.05. The van der Waals surface area contributed by atoms with Gasteiger partial charge in [0, 0.05) is 6.54 Å². The van der Waals surface area contributed by atoms with E-state index in [2.05, 4.69) is 15.3 Å². The van der Waals surface area contributed by atoms with E-state index in [-0.39, 0.29) is 6.10 Å². The Morgan fingerprint density at radius 3 is 2.76 bits per heavy atom. The molecule has 0 saturated heterocycles. The van der Waals surface area contributed by atoms with Crippen LogP contribution in [-0.4, -0.2) is 33.8 Å². The van der Waals surface area contributed by atoms with E-state index in [1.54, 1.807) is 0 Å². The molecular weight excluding hydrogens is 220 g/mol. The van der Waals surface area contributed by atoms with Crippen molar-refractivity contribution < 1.29 is 9.84 Å². The molecule has 1 unspecified atom stereocenters. The number of ether oxygens (including phenoxy) is 1. The average Bonchev–Trinajstić information content (AvgIpc) is 2.29. The van der Waals surface area contributed by atoms with Gasteiger partial charge in [-0.1, -0.05) is 6.92 Å². The molecule has 1 heterocycles. The summed E-state index contributed by atoms with van der Waals surface area (Å²) in [5.74, 6) is 0.853. The fourth-order valence-corrected chi connectivity index (χ4v) is 1.20. The minimum atomic E-state index is -0.418. The van der Waals surface area contributed by atoms with E-state index in [4.69, 9.17) is 10.5 Å². The lowest BCUT2D eigenvalue weighted by atomic mass is 10.3. The van der Waals surface area contributed by atoms with Crippen molar-refractivity contribution in [2.45, 2.75) is 39.4 Å². The molecule has 0 aliphatic heterocycles. The van der Waals surface area contributed by atoms with Crippen LogP contribution in [0.4, 0.5) is 11.5 Å². The maximum Gasteiger partial charge on any atom is 0.242 e. The largest absolute Gasteiger partial charge is 0.473 e. The highest BCUT2D eigenvalue weighted by Gasteiger charge is 2.11. The number of nitrogens with one attached hydrogen (secondary N) is 1. The lowest BCUT2D eigenvalue weighted by Gasteiger charge is -2.14. The minimum absolute atomic E-state index is 0.00119. The Bertz CT molecular complexity index is 357. The van der Waals surface area contributed by atoms with Crippen molar-refractivity contribution in [3.63, 3.8) is 0 Å². The van der Waals surface area contributed by atoms with Gasteiger partial charge in [0.15, 0.2) is 5.82 Å². The van der Waals surface area contributed by atoms with Crippen molar-refractivity contribution in [1.29, 1.82) is 0 Å². The summed E-state index contributed by atoms with van der Waals surface area (Å²) >= 11 is 0. The van der Waals surface area contributed by atoms with Crippen molar-refractivity contribution in [1.82, 2.24) is 9.97 Å². The highest BCUT2D eigenvalue weighted by atomic mass is 16.5. The number of rotatable bonds is 6. The molecule has 6 heteroatoms. The van der Waals surface area contributed by atoms with Crippen LogP contribution in [0, 0.1) is 0 Å². The molecule has 0 aliphatic rings. The Morgan fingerprint density at radius 1 is 1.47 bits per heavy atom. The molecule has 0 aromatic carbocycles. The molecule has 1 rings (SSSR count). The third-order valence-corrected chi connectivity index (χ3v) is 2.17. The smallest absolute Gasteiger partial charge is 0.242 e. The Morgan fingerprint density at radius 2 is 2.18 bits per heavy atom. The Labute approximate surface area is 101 Å². The minimum Gasteiger partial charge on any atom is -0.473 e. The van der Waals surface area contributed by atoms with Gasteiger partial charge in [-0.2, -0.15) is 4.98 Å². The molecule has 1 aromatic heterocycles. The lowest BCUT2D eigenvalue weighted by molar-refractivity contribution is 0.183. The first-order valence-corrected chi connectivity index (χ1v) is 5.73. The SMILES string of the molecule is CCC(O)CNc1ncnc(OC(C)C)c1N. The lowest BCUT2D eigenvalue weighted by Crippen LogP contribution is -2.20. The zero-order valence-corrected chi connectivity index (χ0v) is 10.5. The van der Waals surface area contributed by atoms with Crippen LogP contribution in [-0.2, 0) is 0 Å². The van der Waals surface area contributed by atoms with Gasteiger partial charge in [0.2, 0.25) is 5.88 Å². The molecule has 96 valence electrons. The summed E-state index contributed by atoms with van der Waals surface area (Å²) in [5, 5.41) is 12.4. The highest BCUT2D eigenvalue weighted by Crippen LogP contribution is 2.25. The van der Waals surface area contributed by atoms with Gasteiger partial charge in [-0.15, -0.1) is 0 Å². The fraction of sp³-hybridized carbons (Fsp3) is 0.636. The van der Waals surface area contributed by atoms with E-state index in [1.165, 1.54) is 6.33 Å². The Kier molecular flexibility index (Phi) is 4.96. The van der Waals surface area contributed by atoms with E-state index >= 15 is 0 Å². The van der Waals surface area contributed by atoms with Gasteiger partial charge in [0.05, 0.1) is 12.2 Å². The summed E-state index contributed by atoms with van der Waals surface area (Å²) in [6.07, 6.45) is 1.64. The zero-order chi connectivity index (χ0) is 12.8. The zero-order valence-electron chi connectivity index (χ0n) is 10.5. The van der Waals surface area contributed by atoms with Crippen molar-refractivity contribution in [2.24, 2.45) is 0 Å². The molecule has 0 amide bonds. The van der Waals surface area contributed by atoms with Crippen molar-refractivity contribution in [3.8, 4) is 5.88 Å². The summed E-state index contributed by atoms with van der Waals surface area (Å²) in [6, 6.07) is 0. The molecule has 0 radical (unpaired) electrons. The van der Waals surface area contributed by atoms with Crippen LogP contribution < -0.4 is 15.8 Å². The summed E-state index contributed by atoms with van der Waals surface area (Å²) in [5.41, 5.74) is 6.23. The topological polar surface area (TPSA) is 93.3 Å². The van der Waals surface area contributed by atoms with Crippen molar-refractivity contribution in [2.75, 3.05) is 17.6 Å². The van der Waals surface area contributed by atoms with Gasteiger partial charge in [-0.3, -0.25) is 0 Å². The van der Waals surface area contributed by atoms with Crippen LogP contribution in [0.5, 0.6) is 5.88 Å². The second-order valence-electron chi connectivity index (χ2n) is 4.05. The van der Waals surface area contributed by atoms with Gasteiger partial charge in [0.25, 0.3) is 0 Å². The van der Waals surface area contributed by atoms with E-state index in [9.17, 15) is 5.11 Å². The van der Waals surface area contributed by atoms with Crippen molar-refractivity contribution in [3.05, 3.63) is 6.33 Å². The molecule has 17 heavy (non-hydrogen) atoms. The fourth-order valence-electron chi connectivity index (χ4n) is 1.20. The molecule has 4 N–H and O–H groups in total. The maximum atomic E-state index is 9.45. The molecule has 6 nitrogen and oxygen atoms in total. The van der Waals surface area contributed by atoms with Crippen LogP contribution >= 0.6 is 0 Å². The number of hydrogen-bond donors (Lipinski definition) is 3. The highest BCUT2D eigenvalue weighted by molar-refractivity contribution is 5.66. The number of anilines is 2. The summed E-state index contributed by atoms with van der Waals surface area (Å²) in [6.45, 7) is 6.10. The van der Waals surface area contributed by atoms with Gasteiger partial charge in [-0.05, 0) is 20.3 Å². The Balaban J connectivity index is 2.72. The molecule has 0 bridgehead atoms. The predicted octanol–water partition coefficient (Wildman–Crippen LogP) is 1.03. The molecule has 0 aliphatic carbocycles. The van der Waals surface area contributed by atoms with E-state index in [1.807, 2.05) is 20.8 Å².